The molecule has 0 spiro atoms. The highest BCUT2D eigenvalue weighted by Gasteiger charge is 2.25. The van der Waals surface area contributed by atoms with Gasteiger partial charge in [0.25, 0.3) is 5.91 Å². The molecular formula is C25H26N4O2S. The van der Waals surface area contributed by atoms with Crippen LogP contribution in [-0.2, 0) is 17.6 Å². The standard InChI is InChI=1S/C25H26N4O2S/c1-16-21(17(2)27-25(26-16)32-3)12-13-23(30)28-20-10-8-19(9-11-20)24(31)29-15-14-18-6-4-5-7-22(18)29/h4-11H,12-15H2,1-3H3,(H,28,30). The van der Waals surface area contributed by atoms with Gasteiger partial charge in [0.2, 0.25) is 5.91 Å². The van der Waals surface area contributed by atoms with Gasteiger partial charge in [-0.05, 0) is 74.4 Å². The van der Waals surface area contributed by atoms with Crippen LogP contribution in [0.15, 0.2) is 53.7 Å². The molecule has 7 heteroatoms. The first-order valence-electron chi connectivity index (χ1n) is 10.6. The SMILES string of the molecule is CSc1nc(C)c(CCC(=O)Nc2ccc(C(=O)N3CCc4ccccc43)cc2)c(C)n1. The molecule has 0 aliphatic carbocycles. The van der Waals surface area contributed by atoms with Gasteiger partial charge >= 0.3 is 0 Å². The number of nitrogens with zero attached hydrogens (tertiary/aromatic N) is 3. The van der Waals surface area contributed by atoms with Crippen LogP contribution in [0.25, 0.3) is 0 Å². The van der Waals surface area contributed by atoms with Crippen LogP contribution in [0.5, 0.6) is 0 Å². The molecule has 0 saturated carbocycles. The Kier molecular flexibility index (Phi) is 6.55. The summed E-state index contributed by atoms with van der Waals surface area (Å²) in [5.74, 6) is -0.0993. The molecule has 2 aromatic carbocycles. The number of anilines is 2. The minimum atomic E-state index is -0.0784. The normalized spacial score (nSPS) is 12.5. The van der Waals surface area contributed by atoms with Crippen LogP contribution in [0.1, 0.15) is 39.3 Å². The molecule has 0 fully saturated rings. The van der Waals surface area contributed by atoms with Crippen molar-refractivity contribution in [1.29, 1.82) is 0 Å². The van der Waals surface area contributed by atoms with E-state index < -0.39 is 0 Å². The highest BCUT2D eigenvalue weighted by molar-refractivity contribution is 7.98. The van der Waals surface area contributed by atoms with Crippen molar-refractivity contribution in [2.45, 2.75) is 38.3 Å². The summed E-state index contributed by atoms with van der Waals surface area (Å²) in [7, 11) is 0. The Labute approximate surface area is 192 Å². The van der Waals surface area contributed by atoms with E-state index >= 15 is 0 Å². The monoisotopic (exact) mass is 446 g/mol. The number of hydrogen-bond acceptors (Lipinski definition) is 5. The molecule has 4 rings (SSSR count). The second-order valence-electron chi connectivity index (χ2n) is 7.82. The Morgan fingerprint density at radius 3 is 2.41 bits per heavy atom. The van der Waals surface area contributed by atoms with E-state index in [0.717, 1.165) is 34.2 Å². The first-order chi connectivity index (χ1) is 15.5. The summed E-state index contributed by atoms with van der Waals surface area (Å²) in [5, 5.41) is 3.67. The van der Waals surface area contributed by atoms with E-state index in [1.165, 1.54) is 17.3 Å². The summed E-state index contributed by atoms with van der Waals surface area (Å²) in [6.07, 6.45) is 3.75. The van der Waals surface area contributed by atoms with E-state index in [2.05, 4.69) is 21.4 Å². The average molecular weight is 447 g/mol. The Morgan fingerprint density at radius 2 is 1.72 bits per heavy atom. The van der Waals surface area contributed by atoms with Gasteiger partial charge in [0.05, 0.1) is 0 Å². The van der Waals surface area contributed by atoms with Crippen molar-refractivity contribution < 1.29 is 9.59 Å². The summed E-state index contributed by atoms with van der Waals surface area (Å²) in [5.41, 5.74) is 6.32. The highest BCUT2D eigenvalue weighted by atomic mass is 32.2. The molecule has 1 aliphatic rings. The summed E-state index contributed by atoms with van der Waals surface area (Å²) in [4.78, 5) is 36.2. The maximum Gasteiger partial charge on any atom is 0.258 e. The van der Waals surface area contributed by atoms with Gasteiger partial charge in [-0.15, -0.1) is 0 Å². The third-order valence-electron chi connectivity index (χ3n) is 5.73. The largest absolute Gasteiger partial charge is 0.326 e. The summed E-state index contributed by atoms with van der Waals surface area (Å²) < 4.78 is 0. The van der Waals surface area contributed by atoms with E-state index in [1.807, 2.05) is 43.2 Å². The minimum Gasteiger partial charge on any atom is -0.326 e. The molecule has 0 bridgehead atoms. The molecule has 0 unspecified atom stereocenters. The average Bonchev–Trinajstić information content (AvgIpc) is 3.22. The predicted octanol–water partition coefficient (Wildman–Crippen LogP) is 4.59. The number of benzene rings is 2. The maximum atomic E-state index is 12.9. The van der Waals surface area contributed by atoms with Gasteiger partial charge in [0.1, 0.15) is 0 Å². The van der Waals surface area contributed by atoms with E-state index in [1.54, 1.807) is 24.3 Å². The molecule has 3 aromatic rings. The lowest BCUT2D eigenvalue weighted by molar-refractivity contribution is -0.116. The molecule has 2 heterocycles. The van der Waals surface area contributed by atoms with Gasteiger partial charge in [-0.3, -0.25) is 9.59 Å². The van der Waals surface area contributed by atoms with Crippen LogP contribution < -0.4 is 10.2 Å². The first kappa shape index (κ1) is 22.0. The Balaban J connectivity index is 1.36. The van der Waals surface area contributed by atoms with Crippen LogP contribution in [0.3, 0.4) is 0 Å². The fourth-order valence-electron chi connectivity index (χ4n) is 4.02. The van der Waals surface area contributed by atoms with E-state index in [9.17, 15) is 9.59 Å². The van der Waals surface area contributed by atoms with E-state index in [4.69, 9.17) is 0 Å². The van der Waals surface area contributed by atoms with Crippen molar-refractivity contribution in [3.05, 3.63) is 76.6 Å². The number of nitrogens with one attached hydrogen (secondary N) is 1. The van der Waals surface area contributed by atoms with Crippen molar-refractivity contribution in [3.8, 4) is 0 Å². The highest BCUT2D eigenvalue weighted by Crippen LogP contribution is 2.29. The van der Waals surface area contributed by atoms with Gasteiger partial charge in [-0.25, -0.2) is 9.97 Å². The lowest BCUT2D eigenvalue weighted by Gasteiger charge is -2.17. The van der Waals surface area contributed by atoms with Gasteiger partial charge in [-0.2, -0.15) is 0 Å². The molecule has 0 saturated heterocycles. The molecular weight excluding hydrogens is 420 g/mol. The number of fused-ring (bicyclic) bond motifs is 1. The van der Waals surface area contributed by atoms with Crippen molar-refractivity contribution in [2.75, 3.05) is 23.0 Å². The second-order valence-corrected chi connectivity index (χ2v) is 8.59. The molecule has 1 aromatic heterocycles. The molecule has 164 valence electrons. The molecule has 6 nitrogen and oxygen atoms in total. The smallest absolute Gasteiger partial charge is 0.258 e. The molecule has 32 heavy (non-hydrogen) atoms. The Hall–Kier alpha value is -3.19. The van der Waals surface area contributed by atoms with Crippen molar-refractivity contribution in [1.82, 2.24) is 9.97 Å². The van der Waals surface area contributed by atoms with Crippen LogP contribution in [0.2, 0.25) is 0 Å². The number of aryl methyl sites for hydroxylation is 2. The zero-order valence-electron chi connectivity index (χ0n) is 18.5. The van der Waals surface area contributed by atoms with Crippen molar-refractivity contribution >= 4 is 35.0 Å². The number of thioether (sulfide) groups is 1. The third kappa shape index (κ3) is 4.67. The van der Waals surface area contributed by atoms with Crippen molar-refractivity contribution in [3.63, 3.8) is 0 Å². The minimum absolute atomic E-state index is 0.0209. The number of aromatic nitrogens is 2. The number of para-hydroxylation sites is 1. The molecule has 1 aliphatic heterocycles. The van der Waals surface area contributed by atoms with E-state index in [0.29, 0.717) is 30.6 Å². The lowest BCUT2D eigenvalue weighted by atomic mass is 10.1. The fraction of sp³-hybridized carbons (Fsp3) is 0.280. The van der Waals surface area contributed by atoms with E-state index in [-0.39, 0.29) is 11.8 Å². The van der Waals surface area contributed by atoms with Crippen LogP contribution >= 0.6 is 11.8 Å². The van der Waals surface area contributed by atoms with Crippen LogP contribution in [0.4, 0.5) is 11.4 Å². The topological polar surface area (TPSA) is 75.2 Å². The summed E-state index contributed by atoms with van der Waals surface area (Å²) in [6, 6.07) is 15.1. The number of carbonyl (C=O) groups is 2. The second kappa shape index (κ2) is 9.53. The fourth-order valence-corrected chi connectivity index (χ4v) is 4.48. The Morgan fingerprint density at radius 1 is 1.03 bits per heavy atom. The maximum absolute atomic E-state index is 12.9. The zero-order chi connectivity index (χ0) is 22.7. The number of rotatable bonds is 6. The first-order valence-corrected chi connectivity index (χ1v) is 11.9. The Bertz CT molecular complexity index is 1140. The van der Waals surface area contributed by atoms with Gasteiger partial charge < -0.3 is 10.2 Å². The van der Waals surface area contributed by atoms with Crippen LogP contribution in [-0.4, -0.2) is 34.6 Å². The van der Waals surface area contributed by atoms with Crippen molar-refractivity contribution in [2.24, 2.45) is 0 Å². The number of carbonyl (C=O) groups excluding carboxylic acids is 2. The van der Waals surface area contributed by atoms with Gasteiger partial charge in [0.15, 0.2) is 5.16 Å². The third-order valence-corrected chi connectivity index (χ3v) is 6.28. The van der Waals surface area contributed by atoms with Crippen LogP contribution in [0, 0.1) is 13.8 Å². The predicted molar refractivity (Wildman–Crippen MR) is 129 cm³/mol. The molecule has 1 N–H and O–H groups in total. The zero-order valence-corrected chi connectivity index (χ0v) is 19.3. The number of amides is 2. The summed E-state index contributed by atoms with van der Waals surface area (Å²) in [6.45, 7) is 4.60. The molecule has 0 atom stereocenters. The van der Waals surface area contributed by atoms with Gasteiger partial charge in [0, 0.05) is 41.3 Å². The lowest BCUT2D eigenvalue weighted by Crippen LogP contribution is -2.28. The quantitative estimate of drug-likeness (QED) is 0.443. The molecule has 0 radical (unpaired) electrons. The molecule has 2 amide bonds. The van der Waals surface area contributed by atoms with Gasteiger partial charge in [-0.1, -0.05) is 30.0 Å². The summed E-state index contributed by atoms with van der Waals surface area (Å²) >= 11 is 1.51. The number of hydrogen-bond donors (Lipinski definition) is 1.